The first-order valence-corrected chi connectivity index (χ1v) is 11.3. The highest BCUT2D eigenvalue weighted by Crippen LogP contribution is 2.32. The van der Waals surface area contributed by atoms with Crippen LogP contribution in [-0.2, 0) is 10.0 Å². The quantitative estimate of drug-likeness (QED) is 0.825. The second-order valence-electron chi connectivity index (χ2n) is 7.09. The van der Waals surface area contributed by atoms with Crippen LogP contribution in [0.2, 0.25) is 0 Å². The molecule has 0 saturated carbocycles. The topological polar surface area (TPSA) is 75.7 Å². The van der Waals surface area contributed by atoms with Crippen molar-refractivity contribution in [1.29, 1.82) is 0 Å². The van der Waals surface area contributed by atoms with Crippen molar-refractivity contribution in [2.45, 2.75) is 31.7 Å². The number of methoxy groups -OCH3 is 1. The number of rotatable bonds is 5. The molecular weight excluding hydrogens is 376 g/mol. The molecule has 0 spiro atoms. The van der Waals surface area contributed by atoms with E-state index in [1.807, 2.05) is 29.2 Å². The average molecular weight is 403 g/mol. The molecule has 1 heterocycles. The van der Waals surface area contributed by atoms with Crippen LogP contribution < -0.4 is 9.46 Å². The van der Waals surface area contributed by atoms with Gasteiger partial charge in [-0.2, -0.15) is 0 Å². The molecular formula is C21H26N2O4S. The van der Waals surface area contributed by atoms with E-state index < -0.39 is 10.0 Å². The molecule has 28 heavy (non-hydrogen) atoms. The smallest absolute Gasteiger partial charge is 0.254 e. The first-order valence-electron chi connectivity index (χ1n) is 9.40. The molecule has 0 aromatic heterocycles. The molecule has 2 aromatic carbocycles. The zero-order valence-electron chi connectivity index (χ0n) is 16.2. The van der Waals surface area contributed by atoms with Crippen LogP contribution in [0.4, 0.5) is 5.69 Å². The van der Waals surface area contributed by atoms with Crippen molar-refractivity contribution in [3.05, 3.63) is 59.7 Å². The van der Waals surface area contributed by atoms with Crippen molar-refractivity contribution in [2.75, 3.05) is 24.6 Å². The van der Waals surface area contributed by atoms with Gasteiger partial charge in [-0.25, -0.2) is 8.42 Å². The number of anilines is 1. The fraction of sp³-hybridized carbons (Fsp3) is 0.381. The van der Waals surface area contributed by atoms with E-state index in [2.05, 4.69) is 4.72 Å². The maximum atomic E-state index is 13.2. The van der Waals surface area contributed by atoms with Crippen molar-refractivity contribution >= 4 is 21.6 Å². The number of ether oxygens (including phenoxy) is 1. The van der Waals surface area contributed by atoms with Crippen molar-refractivity contribution in [1.82, 2.24) is 4.90 Å². The molecule has 0 radical (unpaired) electrons. The molecule has 0 bridgehead atoms. The highest BCUT2D eigenvalue weighted by atomic mass is 32.2. The number of nitrogens with zero attached hydrogens (tertiary/aromatic N) is 1. The summed E-state index contributed by atoms with van der Waals surface area (Å²) in [6.07, 6.45) is 5.19. The summed E-state index contributed by atoms with van der Waals surface area (Å²) in [6, 6.07) is 14.5. The maximum absolute atomic E-state index is 13.2. The van der Waals surface area contributed by atoms with Gasteiger partial charge in [0, 0.05) is 17.8 Å². The summed E-state index contributed by atoms with van der Waals surface area (Å²) < 4.78 is 30.4. The molecule has 1 amide bonds. The van der Waals surface area contributed by atoms with Gasteiger partial charge in [-0.15, -0.1) is 0 Å². The Bertz CT molecular complexity index is 908. The Morgan fingerprint density at radius 2 is 1.71 bits per heavy atom. The Hall–Kier alpha value is -2.54. The normalized spacial score (nSPS) is 17.6. The Balaban J connectivity index is 1.83. The highest BCUT2D eigenvalue weighted by Gasteiger charge is 2.27. The summed E-state index contributed by atoms with van der Waals surface area (Å²) in [7, 11) is -1.70. The molecule has 1 aliphatic heterocycles. The van der Waals surface area contributed by atoms with Gasteiger partial charge in [0.25, 0.3) is 5.91 Å². The first-order chi connectivity index (χ1) is 13.4. The van der Waals surface area contributed by atoms with Crippen molar-refractivity contribution in [3.8, 4) is 5.75 Å². The molecule has 7 heteroatoms. The molecule has 1 atom stereocenters. The third-order valence-corrected chi connectivity index (χ3v) is 5.56. The van der Waals surface area contributed by atoms with E-state index >= 15 is 0 Å². The first kappa shape index (κ1) is 20.2. The molecule has 6 nitrogen and oxygen atoms in total. The molecule has 1 N–H and O–H groups in total. The van der Waals surface area contributed by atoms with Gasteiger partial charge in [-0.3, -0.25) is 9.52 Å². The fourth-order valence-electron chi connectivity index (χ4n) is 3.58. The Labute approximate surface area is 166 Å². The molecule has 1 fully saturated rings. The summed E-state index contributed by atoms with van der Waals surface area (Å²) in [5.41, 5.74) is 2.10. The monoisotopic (exact) mass is 402 g/mol. The second kappa shape index (κ2) is 8.65. The predicted octanol–water partition coefficient (Wildman–Crippen LogP) is 3.82. The maximum Gasteiger partial charge on any atom is 0.254 e. The van der Waals surface area contributed by atoms with Crippen LogP contribution in [0.5, 0.6) is 5.75 Å². The van der Waals surface area contributed by atoms with Crippen LogP contribution >= 0.6 is 0 Å². The third kappa shape index (κ3) is 5.04. The van der Waals surface area contributed by atoms with E-state index in [-0.39, 0.29) is 11.9 Å². The van der Waals surface area contributed by atoms with Crippen molar-refractivity contribution < 1.29 is 17.9 Å². The minimum absolute atomic E-state index is 0.0229. The fourth-order valence-corrected chi connectivity index (χ4v) is 4.15. The summed E-state index contributed by atoms with van der Waals surface area (Å²) in [4.78, 5) is 15.2. The number of sulfonamides is 1. The minimum Gasteiger partial charge on any atom is -0.497 e. The molecule has 3 rings (SSSR count). The highest BCUT2D eigenvalue weighted by molar-refractivity contribution is 7.92. The summed E-state index contributed by atoms with van der Waals surface area (Å²) in [5, 5.41) is 0. The van der Waals surface area contributed by atoms with Gasteiger partial charge in [0.2, 0.25) is 10.0 Å². The summed E-state index contributed by atoms with van der Waals surface area (Å²) in [6.45, 7) is 0.707. The third-order valence-electron chi connectivity index (χ3n) is 4.95. The Morgan fingerprint density at radius 1 is 1.04 bits per heavy atom. The van der Waals surface area contributed by atoms with E-state index in [1.165, 1.54) is 0 Å². The van der Waals surface area contributed by atoms with Gasteiger partial charge in [0.15, 0.2) is 0 Å². The van der Waals surface area contributed by atoms with Crippen LogP contribution in [0.25, 0.3) is 0 Å². The molecule has 1 aliphatic rings. The van der Waals surface area contributed by atoms with Crippen LogP contribution in [0.1, 0.15) is 47.6 Å². The number of hydrogen-bond donors (Lipinski definition) is 1. The van der Waals surface area contributed by atoms with Crippen molar-refractivity contribution in [3.63, 3.8) is 0 Å². The van der Waals surface area contributed by atoms with Crippen LogP contribution in [0, 0.1) is 0 Å². The molecule has 1 saturated heterocycles. The number of carbonyl (C=O) groups excluding carboxylic acids is 1. The largest absolute Gasteiger partial charge is 0.497 e. The van der Waals surface area contributed by atoms with Crippen molar-refractivity contribution in [2.24, 2.45) is 0 Å². The lowest BCUT2D eigenvalue weighted by Crippen LogP contribution is -2.34. The van der Waals surface area contributed by atoms with Gasteiger partial charge in [0.1, 0.15) is 5.75 Å². The number of hydrogen-bond acceptors (Lipinski definition) is 4. The molecule has 2 aromatic rings. The minimum atomic E-state index is -3.34. The van der Waals surface area contributed by atoms with Gasteiger partial charge < -0.3 is 9.64 Å². The number of amides is 1. The molecule has 0 unspecified atom stereocenters. The standard InChI is InChI=1S/C21H26N2O4S/c1-27-19-13-9-16(10-14-19)20-6-4-3-5-15-23(20)21(24)17-7-11-18(12-8-17)22-28(2,25)26/h7-14,20,22H,3-6,15H2,1-2H3/t20-/m0/s1. The number of likely N-dealkylation sites (tertiary alicyclic amines) is 1. The Morgan fingerprint density at radius 3 is 2.32 bits per heavy atom. The summed E-state index contributed by atoms with van der Waals surface area (Å²) >= 11 is 0. The number of nitrogens with one attached hydrogen (secondary N) is 1. The van der Waals surface area contributed by atoms with E-state index in [0.717, 1.165) is 43.3 Å². The lowest BCUT2D eigenvalue weighted by Gasteiger charge is -2.31. The summed E-state index contributed by atoms with van der Waals surface area (Å²) in [5.74, 6) is 0.762. The predicted molar refractivity (Wildman–Crippen MR) is 110 cm³/mol. The van der Waals surface area contributed by atoms with Crippen LogP contribution in [0.15, 0.2) is 48.5 Å². The lowest BCUT2D eigenvalue weighted by atomic mass is 10.00. The van der Waals surface area contributed by atoms with Crippen LogP contribution in [0.3, 0.4) is 0 Å². The van der Waals surface area contributed by atoms with E-state index in [4.69, 9.17) is 4.74 Å². The van der Waals surface area contributed by atoms with Gasteiger partial charge in [-0.05, 0) is 54.8 Å². The lowest BCUT2D eigenvalue weighted by molar-refractivity contribution is 0.0681. The number of benzene rings is 2. The SMILES string of the molecule is COc1ccc([C@@H]2CCCCCN2C(=O)c2ccc(NS(C)(=O)=O)cc2)cc1. The zero-order chi connectivity index (χ0) is 20.1. The van der Waals surface area contributed by atoms with Crippen LogP contribution in [-0.4, -0.2) is 39.1 Å². The van der Waals surface area contributed by atoms with Gasteiger partial charge in [-0.1, -0.05) is 25.0 Å². The van der Waals surface area contributed by atoms with Gasteiger partial charge >= 0.3 is 0 Å². The second-order valence-corrected chi connectivity index (χ2v) is 8.84. The number of carbonyl (C=O) groups is 1. The van der Waals surface area contributed by atoms with E-state index in [9.17, 15) is 13.2 Å². The zero-order valence-corrected chi connectivity index (χ0v) is 17.0. The van der Waals surface area contributed by atoms with E-state index in [0.29, 0.717) is 17.8 Å². The molecule has 150 valence electrons. The Kier molecular flexibility index (Phi) is 6.24. The van der Waals surface area contributed by atoms with Gasteiger partial charge in [0.05, 0.1) is 19.4 Å². The van der Waals surface area contributed by atoms with E-state index in [1.54, 1.807) is 31.4 Å². The molecule has 0 aliphatic carbocycles. The average Bonchev–Trinajstić information content (AvgIpc) is 2.93.